The Morgan fingerprint density at radius 1 is 1.00 bits per heavy atom. The number of benzene rings is 2. The van der Waals surface area contributed by atoms with E-state index in [1.54, 1.807) is 0 Å². The first kappa shape index (κ1) is 15.2. The molecule has 3 rings (SSSR count). The fourth-order valence-corrected chi connectivity index (χ4v) is 3.02. The van der Waals surface area contributed by atoms with Gasteiger partial charge in [-0.3, -0.25) is 9.59 Å². The maximum Gasteiger partial charge on any atom is 0.313 e. The number of carbonyl (C=O) groups excluding carboxylic acids is 2. The molecule has 0 saturated heterocycles. The number of fused-ring (bicyclic) bond motifs is 1. The van der Waals surface area contributed by atoms with Gasteiger partial charge < -0.3 is 10.6 Å². The molecule has 1 aromatic heterocycles. The highest BCUT2D eigenvalue weighted by molar-refractivity contribution is 7.09. The average Bonchev–Trinajstić information content (AvgIpc) is 3.08. The van der Waals surface area contributed by atoms with Crippen LogP contribution in [0.5, 0.6) is 0 Å². The molecule has 5 heteroatoms. The summed E-state index contributed by atoms with van der Waals surface area (Å²) in [6.07, 6.45) is 0. The van der Waals surface area contributed by atoms with E-state index in [4.69, 9.17) is 0 Å². The summed E-state index contributed by atoms with van der Waals surface area (Å²) in [5.41, 5.74) is 1.60. The molecule has 0 aliphatic carbocycles. The van der Waals surface area contributed by atoms with Crippen molar-refractivity contribution in [2.45, 2.75) is 13.5 Å². The molecule has 2 aromatic carbocycles. The first-order chi connectivity index (χ1) is 11.1. The standard InChI is InChI=1S/C18H16N2O2S/c1-12-8-9-13-5-2-3-7-15(13)16(12)20-18(22)17(21)19-11-14-6-4-10-23-14/h2-10H,11H2,1H3,(H,19,21)(H,20,22). The monoisotopic (exact) mass is 324 g/mol. The molecule has 2 N–H and O–H groups in total. The van der Waals surface area contributed by atoms with Crippen LogP contribution in [0.25, 0.3) is 10.8 Å². The highest BCUT2D eigenvalue weighted by Gasteiger charge is 2.16. The van der Waals surface area contributed by atoms with Gasteiger partial charge in [-0.05, 0) is 29.3 Å². The lowest BCUT2D eigenvalue weighted by molar-refractivity contribution is -0.136. The maximum absolute atomic E-state index is 12.1. The number of hydrogen-bond donors (Lipinski definition) is 2. The number of carbonyl (C=O) groups is 2. The molecule has 0 saturated carbocycles. The number of nitrogens with one attached hydrogen (secondary N) is 2. The van der Waals surface area contributed by atoms with Crippen LogP contribution in [0.15, 0.2) is 53.9 Å². The minimum atomic E-state index is -0.652. The minimum Gasteiger partial charge on any atom is -0.343 e. The average molecular weight is 324 g/mol. The SMILES string of the molecule is Cc1ccc2ccccc2c1NC(=O)C(=O)NCc1cccs1. The van der Waals surface area contributed by atoms with Gasteiger partial charge in [0, 0.05) is 10.3 Å². The molecule has 4 nitrogen and oxygen atoms in total. The van der Waals surface area contributed by atoms with Gasteiger partial charge in [0.2, 0.25) is 0 Å². The number of hydrogen-bond acceptors (Lipinski definition) is 3. The van der Waals surface area contributed by atoms with E-state index in [0.717, 1.165) is 21.2 Å². The number of anilines is 1. The zero-order valence-electron chi connectivity index (χ0n) is 12.6. The normalized spacial score (nSPS) is 10.5. The molecule has 3 aromatic rings. The summed E-state index contributed by atoms with van der Waals surface area (Å²) in [7, 11) is 0. The second-order valence-electron chi connectivity index (χ2n) is 5.19. The second-order valence-corrected chi connectivity index (χ2v) is 6.23. The van der Waals surface area contributed by atoms with Gasteiger partial charge in [0.25, 0.3) is 0 Å². The van der Waals surface area contributed by atoms with Gasteiger partial charge >= 0.3 is 11.8 Å². The van der Waals surface area contributed by atoms with E-state index in [-0.39, 0.29) is 0 Å². The van der Waals surface area contributed by atoms with E-state index in [0.29, 0.717) is 12.2 Å². The molecule has 0 unspecified atom stereocenters. The Kier molecular flexibility index (Phi) is 4.39. The molecule has 23 heavy (non-hydrogen) atoms. The lowest BCUT2D eigenvalue weighted by Crippen LogP contribution is -2.35. The summed E-state index contributed by atoms with van der Waals surface area (Å²) in [6, 6.07) is 15.5. The predicted molar refractivity (Wildman–Crippen MR) is 93.5 cm³/mol. The molecule has 0 aliphatic rings. The summed E-state index contributed by atoms with van der Waals surface area (Å²) < 4.78 is 0. The second kappa shape index (κ2) is 6.62. The van der Waals surface area contributed by atoms with Crippen molar-refractivity contribution in [3.63, 3.8) is 0 Å². The Hall–Kier alpha value is -2.66. The lowest BCUT2D eigenvalue weighted by atomic mass is 10.0. The summed E-state index contributed by atoms with van der Waals surface area (Å²) in [4.78, 5) is 25.1. The topological polar surface area (TPSA) is 58.2 Å². The Morgan fingerprint density at radius 2 is 1.83 bits per heavy atom. The van der Waals surface area contributed by atoms with E-state index in [9.17, 15) is 9.59 Å². The third-order valence-corrected chi connectivity index (χ3v) is 4.46. The van der Waals surface area contributed by atoms with Crippen LogP contribution < -0.4 is 10.6 Å². The van der Waals surface area contributed by atoms with Crippen LogP contribution >= 0.6 is 11.3 Å². The van der Waals surface area contributed by atoms with Crippen LogP contribution in [0.3, 0.4) is 0 Å². The Bertz CT molecular complexity index is 857. The van der Waals surface area contributed by atoms with Crippen molar-refractivity contribution in [1.29, 1.82) is 0 Å². The van der Waals surface area contributed by atoms with Crippen molar-refractivity contribution in [2.75, 3.05) is 5.32 Å². The van der Waals surface area contributed by atoms with Gasteiger partial charge in [-0.1, -0.05) is 42.5 Å². The van der Waals surface area contributed by atoms with Crippen molar-refractivity contribution in [3.05, 3.63) is 64.4 Å². The van der Waals surface area contributed by atoms with E-state index >= 15 is 0 Å². The molecule has 0 radical (unpaired) electrons. The van der Waals surface area contributed by atoms with Crippen LogP contribution in [0.4, 0.5) is 5.69 Å². The zero-order chi connectivity index (χ0) is 16.2. The fraction of sp³-hybridized carbons (Fsp3) is 0.111. The van der Waals surface area contributed by atoms with Crippen molar-refractivity contribution < 1.29 is 9.59 Å². The highest BCUT2D eigenvalue weighted by atomic mass is 32.1. The summed E-state index contributed by atoms with van der Waals surface area (Å²) in [6.45, 7) is 2.27. The van der Waals surface area contributed by atoms with E-state index in [1.165, 1.54) is 11.3 Å². The van der Waals surface area contributed by atoms with Gasteiger partial charge in [0.1, 0.15) is 0 Å². The number of rotatable bonds is 3. The molecule has 116 valence electrons. The van der Waals surface area contributed by atoms with E-state index in [1.807, 2.05) is 60.8 Å². The summed E-state index contributed by atoms with van der Waals surface area (Å²) >= 11 is 1.54. The van der Waals surface area contributed by atoms with Crippen LogP contribution in [0, 0.1) is 6.92 Å². The van der Waals surface area contributed by atoms with Crippen LogP contribution in [-0.2, 0) is 16.1 Å². The van der Waals surface area contributed by atoms with Crippen molar-refractivity contribution in [3.8, 4) is 0 Å². The molecule has 0 fully saturated rings. The Labute approximate surface area is 138 Å². The summed E-state index contributed by atoms with van der Waals surface area (Å²) in [5.74, 6) is -1.29. The highest BCUT2D eigenvalue weighted by Crippen LogP contribution is 2.26. The first-order valence-corrected chi connectivity index (χ1v) is 8.13. The number of thiophene rings is 1. The maximum atomic E-state index is 12.1. The Balaban J connectivity index is 1.75. The molecule has 2 amide bonds. The third-order valence-electron chi connectivity index (χ3n) is 3.59. The quantitative estimate of drug-likeness (QED) is 0.725. The largest absolute Gasteiger partial charge is 0.343 e. The fourth-order valence-electron chi connectivity index (χ4n) is 2.38. The number of aryl methyl sites for hydroxylation is 1. The van der Waals surface area contributed by atoms with Crippen molar-refractivity contribution in [1.82, 2.24) is 5.32 Å². The van der Waals surface area contributed by atoms with E-state index < -0.39 is 11.8 Å². The van der Waals surface area contributed by atoms with Gasteiger partial charge in [0.15, 0.2) is 0 Å². The minimum absolute atomic E-state index is 0.360. The van der Waals surface area contributed by atoms with Gasteiger partial charge in [-0.2, -0.15) is 0 Å². The van der Waals surface area contributed by atoms with Gasteiger partial charge in [-0.15, -0.1) is 11.3 Å². The Morgan fingerprint density at radius 3 is 2.61 bits per heavy atom. The molecule has 0 bridgehead atoms. The lowest BCUT2D eigenvalue weighted by Gasteiger charge is -2.12. The van der Waals surface area contributed by atoms with E-state index in [2.05, 4.69) is 10.6 Å². The predicted octanol–water partition coefficient (Wildman–Crippen LogP) is 3.46. The van der Waals surface area contributed by atoms with Crippen LogP contribution in [-0.4, -0.2) is 11.8 Å². The molecular formula is C18H16N2O2S. The number of amides is 2. The molecule has 1 heterocycles. The molecule has 0 aliphatic heterocycles. The van der Waals surface area contributed by atoms with Crippen LogP contribution in [0.1, 0.15) is 10.4 Å². The third kappa shape index (κ3) is 3.40. The van der Waals surface area contributed by atoms with Crippen LogP contribution in [0.2, 0.25) is 0 Å². The smallest absolute Gasteiger partial charge is 0.313 e. The molecule has 0 spiro atoms. The zero-order valence-corrected chi connectivity index (χ0v) is 13.4. The van der Waals surface area contributed by atoms with Gasteiger partial charge in [0.05, 0.1) is 12.2 Å². The van der Waals surface area contributed by atoms with Crippen molar-refractivity contribution >= 4 is 39.6 Å². The molecular weight excluding hydrogens is 308 g/mol. The molecule has 0 atom stereocenters. The summed E-state index contributed by atoms with van der Waals surface area (Å²) in [5, 5.41) is 9.24. The van der Waals surface area contributed by atoms with Crippen molar-refractivity contribution in [2.24, 2.45) is 0 Å². The first-order valence-electron chi connectivity index (χ1n) is 7.25. The van der Waals surface area contributed by atoms with Gasteiger partial charge in [-0.25, -0.2) is 0 Å².